The van der Waals surface area contributed by atoms with Crippen LogP contribution in [0, 0.1) is 5.82 Å². The van der Waals surface area contributed by atoms with Gasteiger partial charge < -0.3 is 4.90 Å². The Balaban J connectivity index is 1.62. The van der Waals surface area contributed by atoms with Gasteiger partial charge in [0.1, 0.15) is 11.9 Å². The number of rotatable bonds is 3. The van der Waals surface area contributed by atoms with E-state index < -0.39 is 17.5 Å². The van der Waals surface area contributed by atoms with Gasteiger partial charge in [-0.25, -0.2) is 4.39 Å². The van der Waals surface area contributed by atoms with Crippen molar-refractivity contribution in [3.8, 4) is 0 Å². The Bertz CT molecular complexity index is 775. The lowest BCUT2D eigenvalue weighted by molar-refractivity contribution is -0.916. The average Bonchev–Trinajstić information content (AvgIpc) is 3.25. The predicted octanol–water partition coefficient (Wildman–Crippen LogP) is 1.79. The van der Waals surface area contributed by atoms with Crippen LogP contribution in [0.3, 0.4) is 0 Å². The molecule has 6 heteroatoms. The van der Waals surface area contributed by atoms with E-state index in [1.54, 1.807) is 11.3 Å². The highest BCUT2D eigenvalue weighted by molar-refractivity contribution is 7.10. The lowest BCUT2D eigenvalue weighted by Gasteiger charge is -2.25. The number of carbonyl (C=O) groups excluding carboxylic acids is 2. The summed E-state index contributed by atoms with van der Waals surface area (Å²) in [4.78, 5) is 28.5. The first kappa shape index (κ1) is 14.5. The van der Waals surface area contributed by atoms with Crippen molar-refractivity contribution in [3.63, 3.8) is 0 Å². The van der Waals surface area contributed by atoms with E-state index in [9.17, 15) is 14.0 Å². The van der Waals surface area contributed by atoms with Crippen LogP contribution < -0.4 is 9.80 Å². The third-order valence-electron chi connectivity index (χ3n) is 4.66. The Morgan fingerprint density at radius 1 is 1.30 bits per heavy atom. The zero-order chi connectivity index (χ0) is 16.0. The molecule has 2 atom stereocenters. The second kappa shape index (κ2) is 5.54. The standard InChI is InChI=1S/C17H15FN2O2S/c18-11-5-6-13-12(9-11)16(21)17(22)20(13)10-19-7-1-3-14(19)15-4-2-8-23-15/h2,4-6,8-9,14H,1,3,7,10H2/p+1/t14-/m0/s1. The Morgan fingerprint density at radius 2 is 2.17 bits per heavy atom. The predicted molar refractivity (Wildman–Crippen MR) is 85.2 cm³/mol. The van der Waals surface area contributed by atoms with Crippen LogP contribution in [0.5, 0.6) is 0 Å². The maximum atomic E-state index is 13.4. The molecule has 2 aliphatic heterocycles. The lowest BCUT2D eigenvalue weighted by Crippen LogP contribution is -3.12. The van der Waals surface area contributed by atoms with Gasteiger partial charge in [-0.2, -0.15) is 0 Å². The molecule has 1 unspecified atom stereocenters. The van der Waals surface area contributed by atoms with Gasteiger partial charge in [0.25, 0.3) is 5.78 Å². The molecule has 4 rings (SSSR count). The quantitative estimate of drug-likeness (QED) is 0.872. The van der Waals surface area contributed by atoms with Gasteiger partial charge >= 0.3 is 5.91 Å². The molecule has 0 radical (unpaired) electrons. The summed E-state index contributed by atoms with van der Waals surface area (Å²) >= 11 is 1.73. The van der Waals surface area contributed by atoms with E-state index in [0.717, 1.165) is 25.5 Å². The van der Waals surface area contributed by atoms with E-state index >= 15 is 0 Å². The second-order valence-electron chi connectivity index (χ2n) is 6.00. The molecule has 0 saturated carbocycles. The molecule has 2 aromatic rings. The summed E-state index contributed by atoms with van der Waals surface area (Å²) in [5.74, 6) is -1.64. The number of thiophene rings is 1. The van der Waals surface area contributed by atoms with Gasteiger partial charge in [0, 0.05) is 12.8 Å². The van der Waals surface area contributed by atoms with Crippen molar-refractivity contribution >= 4 is 28.7 Å². The second-order valence-corrected chi connectivity index (χ2v) is 6.98. The zero-order valence-corrected chi connectivity index (χ0v) is 13.2. The molecule has 0 bridgehead atoms. The van der Waals surface area contributed by atoms with Crippen molar-refractivity contribution in [2.45, 2.75) is 18.9 Å². The number of carbonyl (C=O) groups is 2. The maximum absolute atomic E-state index is 13.4. The van der Waals surface area contributed by atoms with E-state index in [1.807, 2.05) is 6.07 Å². The monoisotopic (exact) mass is 331 g/mol. The number of benzene rings is 1. The highest BCUT2D eigenvalue weighted by atomic mass is 32.1. The topological polar surface area (TPSA) is 41.8 Å². The number of ketones is 1. The fourth-order valence-electron chi connectivity index (χ4n) is 3.57. The van der Waals surface area contributed by atoms with E-state index in [-0.39, 0.29) is 5.56 Å². The molecule has 0 aliphatic carbocycles. The van der Waals surface area contributed by atoms with Crippen molar-refractivity contribution in [2.75, 3.05) is 18.1 Å². The Hall–Kier alpha value is -2.05. The smallest absolute Gasteiger partial charge is 0.303 e. The number of nitrogens with one attached hydrogen (secondary N) is 1. The molecule has 4 nitrogen and oxygen atoms in total. The van der Waals surface area contributed by atoms with E-state index in [0.29, 0.717) is 18.4 Å². The third-order valence-corrected chi connectivity index (χ3v) is 5.65. The van der Waals surface area contributed by atoms with Crippen molar-refractivity contribution in [1.29, 1.82) is 0 Å². The number of halogens is 1. The first-order valence-electron chi connectivity index (χ1n) is 7.69. The van der Waals surface area contributed by atoms with Gasteiger partial charge in [0.15, 0.2) is 6.67 Å². The lowest BCUT2D eigenvalue weighted by atomic mass is 10.1. The maximum Gasteiger partial charge on any atom is 0.303 e. The van der Waals surface area contributed by atoms with Gasteiger partial charge in [-0.1, -0.05) is 6.07 Å². The largest absolute Gasteiger partial charge is 0.311 e. The summed E-state index contributed by atoms with van der Waals surface area (Å²) in [6, 6.07) is 8.52. The van der Waals surface area contributed by atoms with Crippen molar-refractivity contribution in [2.24, 2.45) is 0 Å². The molecule has 1 aromatic heterocycles. The number of anilines is 1. The minimum absolute atomic E-state index is 0.182. The first-order valence-corrected chi connectivity index (χ1v) is 8.57. The summed E-state index contributed by atoms with van der Waals surface area (Å²) in [6.07, 6.45) is 2.19. The number of amides is 1. The first-order chi connectivity index (χ1) is 11.1. The minimum atomic E-state index is -0.606. The Morgan fingerprint density at radius 3 is 2.96 bits per heavy atom. The van der Waals surface area contributed by atoms with Crippen LogP contribution >= 0.6 is 11.3 Å². The average molecular weight is 331 g/mol. The van der Waals surface area contributed by atoms with Gasteiger partial charge in [-0.15, -0.1) is 11.3 Å². The van der Waals surface area contributed by atoms with Gasteiger partial charge in [0.2, 0.25) is 0 Å². The highest BCUT2D eigenvalue weighted by Gasteiger charge is 2.40. The molecular weight excluding hydrogens is 315 g/mol. The van der Waals surface area contributed by atoms with Gasteiger partial charge in [-0.3, -0.25) is 14.5 Å². The third kappa shape index (κ3) is 2.38. The fourth-order valence-corrected chi connectivity index (χ4v) is 4.49. The number of likely N-dealkylation sites (tertiary alicyclic amines) is 1. The number of nitrogens with zero attached hydrogens (tertiary/aromatic N) is 1. The molecule has 1 N–H and O–H groups in total. The molecule has 118 valence electrons. The molecule has 0 spiro atoms. The number of quaternary nitrogens is 1. The van der Waals surface area contributed by atoms with Crippen LogP contribution in [0.1, 0.15) is 34.1 Å². The molecule has 1 aromatic carbocycles. The number of hydrogen-bond acceptors (Lipinski definition) is 3. The molecule has 1 amide bonds. The number of Topliss-reactive ketones (excluding diaryl/α,β-unsaturated/α-hetero) is 1. The molecule has 1 fully saturated rings. The van der Waals surface area contributed by atoms with Crippen LogP contribution in [0.25, 0.3) is 0 Å². The summed E-state index contributed by atoms with van der Waals surface area (Å²) in [5.41, 5.74) is 0.715. The van der Waals surface area contributed by atoms with Crippen LogP contribution in [-0.2, 0) is 4.79 Å². The SMILES string of the molecule is O=C1C(=O)N(C[NH+]2CCC[C@H]2c2cccs2)c2ccc(F)cc21. The minimum Gasteiger partial charge on any atom is -0.311 e. The van der Waals surface area contributed by atoms with Crippen LogP contribution in [0.4, 0.5) is 10.1 Å². The fraction of sp³-hybridized carbons (Fsp3) is 0.294. The van der Waals surface area contributed by atoms with Crippen LogP contribution in [-0.4, -0.2) is 24.9 Å². The van der Waals surface area contributed by atoms with Gasteiger partial charge in [0.05, 0.1) is 22.7 Å². The summed E-state index contributed by atoms with van der Waals surface area (Å²) in [7, 11) is 0. The number of fused-ring (bicyclic) bond motifs is 1. The molecular formula is C17H16FN2O2S+. The summed E-state index contributed by atoms with van der Waals surface area (Å²) in [6.45, 7) is 1.42. The van der Waals surface area contributed by atoms with Gasteiger partial charge in [-0.05, 0) is 29.6 Å². The molecule has 3 heterocycles. The van der Waals surface area contributed by atoms with Crippen LogP contribution in [0.15, 0.2) is 35.7 Å². The summed E-state index contributed by atoms with van der Waals surface area (Å²) < 4.78 is 13.4. The van der Waals surface area contributed by atoms with E-state index in [4.69, 9.17) is 0 Å². The zero-order valence-electron chi connectivity index (χ0n) is 12.4. The van der Waals surface area contributed by atoms with Crippen molar-refractivity contribution < 1.29 is 18.9 Å². The molecule has 1 saturated heterocycles. The highest BCUT2D eigenvalue weighted by Crippen LogP contribution is 2.29. The summed E-state index contributed by atoms with van der Waals surface area (Å²) in [5, 5.41) is 2.06. The molecule has 23 heavy (non-hydrogen) atoms. The van der Waals surface area contributed by atoms with E-state index in [1.165, 1.54) is 26.8 Å². The van der Waals surface area contributed by atoms with E-state index in [2.05, 4.69) is 11.4 Å². The Labute approximate surface area is 137 Å². The Kier molecular flexibility index (Phi) is 3.50. The normalized spacial score (nSPS) is 23.6. The van der Waals surface area contributed by atoms with Crippen LogP contribution in [0.2, 0.25) is 0 Å². The number of hydrogen-bond donors (Lipinski definition) is 1. The van der Waals surface area contributed by atoms with Crippen molar-refractivity contribution in [3.05, 3.63) is 52.0 Å². The van der Waals surface area contributed by atoms with Crippen molar-refractivity contribution in [1.82, 2.24) is 0 Å². The molecule has 2 aliphatic rings.